The third-order valence-corrected chi connectivity index (χ3v) is 2.48. The predicted molar refractivity (Wildman–Crippen MR) is 72.2 cm³/mol. The minimum atomic E-state index is -1.41. The van der Waals surface area contributed by atoms with Crippen molar-refractivity contribution < 1.29 is 24.3 Å². The molecule has 8 heteroatoms. The van der Waals surface area contributed by atoms with Gasteiger partial charge in [-0.05, 0) is 12.1 Å². The number of carboxylic acids is 1. The van der Waals surface area contributed by atoms with Gasteiger partial charge >= 0.3 is 5.97 Å². The van der Waals surface area contributed by atoms with Crippen molar-refractivity contribution in [2.45, 2.75) is 12.5 Å². The number of rotatable bonds is 7. The van der Waals surface area contributed by atoms with Crippen LogP contribution in [0.1, 0.15) is 16.8 Å². The first-order chi connectivity index (χ1) is 9.90. The van der Waals surface area contributed by atoms with Crippen molar-refractivity contribution in [3.63, 3.8) is 0 Å². The van der Waals surface area contributed by atoms with Crippen LogP contribution in [0.15, 0.2) is 30.3 Å². The van der Waals surface area contributed by atoms with Crippen molar-refractivity contribution >= 4 is 23.7 Å². The molecule has 0 heterocycles. The molecule has 0 bridgehead atoms. The van der Waals surface area contributed by atoms with E-state index < -0.39 is 42.7 Å². The molecule has 0 saturated carbocycles. The minimum Gasteiger partial charge on any atom is -0.480 e. The molecule has 112 valence electrons. The van der Waals surface area contributed by atoms with Crippen molar-refractivity contribution in [2.24, 2.45) is 5.73 Å². The van der Waals surface area contributed by atoms with Crippen LogP contribution in [0, 0.1) is 0 Å². The van der Waals surface area contributed by atoms with Gasteiger partial charge in [0.2, 0.25) is 11.8 Å². The monoisotopic (exact) mass is 293 g/mol. The van der Waals surface area contributed by atoms with Crippen LogP contribution in [-0.2, 0) is 14.4 Å². The van der Waals surface area contributed by atoms with Crippen LogP contribution in [0.5, 0.6) is 0 Å². The van der Waals surface area contributed by atoms with Gasteiger partial charge in [0.05, 0.1) is 13.0 Å². The van der Waals surface area contributed by atoms with Crippen LogP contribution < -0.4 is 16.4 Å². The van der Waals surface area contributed by atoms with Gasteiger partial charge in [-0.1, -0.05) is 18.2 Å². The number of primary amides is 1. The summed E-state index contributed by atoms with van der Waals surface area (Å²) in [5.74, 6) is -3.42. The van der Waals surface area contributed by atoms with Gasteiger partial charge in [-0.15, -0.1) is 0 Å². The largest absolute Gasteiger partial charge is 0.480 e. The van der Waals surface area contributed by atoms with Crippen LogP contribution >= 0.6 is 0 Å². The highest BCUT2D eigenvalue weighted by atomic mass is 16.4. The first-order valence-electron chi connectivity index (χ1n) is 6.04. The maximum absolute atomic E-state index is 11.7. The standard InChI is InChI=1S/C13H15N3O5/c14-10(17)6-9(13(20)21)16-11(18)7-15-12(19)8-4-2-1-3-5-8/h1-5,9H,6-7H2,(H2,14,17)(H,15,19)(H,16,18)(H,20,21)/t9-/m0/s1. The second-order valence-electron chi connectivity index (χ2n) is 4.18. The summed E-state index contributed by atoms with van der Waals surface area (Å²) in [6.07, 6.45) is -0.520. The fourth-order valence-corrected chi connectivity index (χ4v) is 1.50. The molecular formula is C13H15N3O5. The van der Waals surface area contributed by atoms with Gasteiger partial charge < -0.3 is 21.5 Å². The van der Waals surface area contributed by atoms with Gasteiger partial charge in [-0.2, -0.15) is 0 Å². The fourth-order valence-electron chi connectivity index (χ4n) is 1.50. The lowest BCUT2D eigenvalue weighted by atomic mass is 10.2. The number of carbonyl (C=O) groups excluding carboxylic acids is 3. The zero-order valence-electron chi connectivity index (χ0n) is 11.0. The molecule has 0 unspecified atom stereocenters. The molecule has 1 atom stereocenters. The number of amides is 3. The van der Waals surface area contributed by atoms with Gasteiger partial charge in [-0.3, -0.25) is 14.4 Å². The van der Waals surface area contributed by atoms with Crippen LogP contribution in [0.3, 0.4) is 0 Å². The molecule has 0 spiro atoms. The Morgan fingerprint density at radius 1 is 1.14 bits per heavy atom. The van der Waals surface area contributed by atoms with E-state index >= 15 is 0 Å². The molecule has 3 amide bonds. The van der Waals surface area contributed by atoms with Crippen LogP contribution in [-0.4, -0.2) is 41.4 Å². The molecule has 0 aliphatic carbocycles. The Morgan fingerprint density at radius 2 is 1.76 bits per heavy atom. The minimum absolute atomic E-state index is 0.372. The molecule has 0 saturated heterocycles. The van der Waals surface area contributed by atoms with Crippen molar-refractivity contribution in [1.29, 1.82) is 0 Å². The quantitative estimate of drug-likeness (QED) is 0.503. The third kappa shape index (κ3) is 5.72. The Hall–Kier alpha value is -2.90. The molecule has 21 heavy (non-hydrogen) atoms. The average molecular weight is 293 g/mol. The topological polar surface area (TPSA) is 139 Å². The van der Waals surface area contributed by atoms with Crippen molar-refractivity contribution in [2.75, 3.05) is 6.54 Å². The summed E-state index contributed by atoms with van der Waals surface area (Å²) in [6.45, 7) is -0.406. The molecule has 0 fully saturated rings. The van der Waals surface area contributed by atoms with E-state index in [1.54, 1.807) is 30.3 Å². The number of carbonyl (C=O) groups is 4. The number of nitrogens with one attached hydrogen (secondary N) is 2. The molecule has 1 aromatic carbocycles. The maximum Gasteiger partial charge on any atom is 0.326 e. The van der Waals surface area contributed by atoms with E-state index in [4.69, 9.17) is 10.8 Å². The predicted octanol–water partition coefficient (Wildman–Crippen LogP) is -1.14. The van der Waals surface area contributed by atoms with E-state index in [1.165, 1.54) is 0 Å². The lowest BCUT2D eigenvalue weighted by Crippen LogP contribution is -2.47. The summed E-state index contributed by atoms with van der Waals surface area (Å²) >= 11 is 0. The number of aliphatic carboxylic acids is 1. The molecule has 1 aromatic rings. The van der Waals surface area contributed by atoms with E-state index in [-0.39, 0.29) is 0 Å². The molecule has 0 aliphatic rings. The SMILES string of the molecule is NC(=O)C[C@H](NC(=O)CNC(=O)c1ccccc1)C(=O)O. The summed E-state index contributed by atoms with van der Waals surface area (Å²) in [5, 5.41) is 13.3. The van der Waals surface area contributed by atoms with Gasteiger partial charge in [-0.25, -0.2) is 4.79 Å². The molecule has 0 aromatic heterocycles. The molecule has 5 N–H and O–H groups in total. The lowest BCUT2D eigenvalue weighted by Gasteiger charge is -2.13. The maximum atomic E-state index is 11.7. The molecular weight excluding hydrogens is 278 g/mol. The molecule has 8 nitrogen and oxygen atoms in total. The number of hydrogen-bond acceptors (Lipinski definition) is 4. The van der Waals surface area contributed by atoms with Gasteiger partial charge in [0.25, 0.3) is 5.91 Å². The first-order valence-corrected chi connectivity index (χ1v) is 6.04. The summed E-state index contributed by atoms with van der Waals surface area (Å²) in [4.78, 5) is 44.7. The highest BCUT2D eigenvalue weighted by molar-refractivity contribution is 5.97. The Balaban J connectivity index is 2.48. The smallest absolute Gasteiger partial charge is 0.326 e. The van der Waals surface area contributed by atoms with E-state index in [1.807, 2.05) is 0 Å². The Labute approximate surface area is 120 Å². The average Bonchev–Trinajstić information content (AvgIpc) is 2.44. The Kier molecular flexibility index (Phi) is 5.87. The fraction of sp³-hybridized carbons (Fsp3) is 0.231. The van der Waals surface area contributed by atoms with Crippen LogP contribution in [0.25, 0.3) is 0 Å². The number of nitrogens with two attached hydrogens (primary N) is 1. The summed E-state index contributed by atoms with van der Waals surface area (Å²) < 4.78 is 0. The molecule has 1 rings (SSSR count). The second-order valence-corrected chi connectivity index (χ2v) is 4.18. The van der Waals surface area contributed by atoms with Crippen molar-refractivity contribution in [1.82, 2.24) is 10.6 Å². The summed E-state index contributed by atoms with van der Waals surface area (Å²) in [7, 11) is 0. The van der Waals surface area contributed by atoms with E-state index in [2.05, 4.69) is 10.6 Å². The second kappa shape index (κ2) is 7.63. The number of benzene rings is 1. The Morgan fingerprint density at radius 3 is 2.29 bits per heavy atom. The zero-order valence-corrected chi connectivity index (χ0v) is 11.0. The molecule has 0 radical (unpaired) electrons. The van der Waals surface area contributed by atoms with Gasteiger partial charge in [0.1, 0.15) is 6.04 Å². The number of carboxylic acid groups (broad SMARTS) is 1. The van der Waals surface area contributed by atoms with Crippen LogP contribution in [0.4, 0.5) is 0 Å². The summed E-state index contributed by atoms with van der Waals surface area (Å²) in [6, 6.07) is 6.81. The summed E-state index contributed by atoms with van der Waals surface area (Å²) in [5.41, 5.74) is 5.25. The van der Waals surface area contributed by atoms with Crippen molar-refractivity contribution in [3.8, 4) is 0 Å². The Bertz CT molecular complexity index is 544. The van der Waals surface area contributed by atoms with E-state index in [0.29, 0.717) is 5.56 Å². The molecule has 0 aliphatic heterocycles. The van der Waals surface area contributed by atoms with Crippen LogP contribution in [0.2, 0.25) is 0 Å². The van der Waals surface area contributed by atoms with Crippen molar-refractivity contribution in [3.05, 3.63) is 35.9 Å². The highest BCUT2D eigenvalue weighted by Gasteiger charge is 2.22. The third-order valence-electron chi connectivity index (χ3n) is 2.48. The van der Waals surface area contributed by atoms with E-state index in [9.17, 15) is 19.2 Å². The first kappa shape index (κ1) is 16.2. The van der Waals surface area contributed by atoms with Gasteiger partial charge in [0, 0.05) is 5.56 Å². The van der Waals surface area contributed by atoms with Gasteiger partial charge in [0.15, 0.2) is 0 Å². The van der Waals surface area contributed by atoms with E-state index in [0.717, 1.165) is 0 Å². The normalized spacial score (nSPS) is 11.2. The number of hydrogen-bond donors (Lipinski definition) is 4. The highest BCUT2D eigenvalue weighted by Crippen LogP contribution is 1.97. The zero-order chi connectivity index (χ0) is 15.8. The lowest BCUT2D eigenvalue weighted by molar-refractivity contribution is -0.143.